The molecule has 19 heavy (non-hydrogen) atoms. The summed E-state index contributed by atoms with van der Waals surface area (Å²) in [4.78, 5) is 19.8. The molecule has 0 spiro atoms. The second-order valence-corrected chi connectivity index (χ2v) is 5.30. The first kappa shape index (κ1) is 13.8. The monoisotopic (exact) mass is 275 g/mol. The van der Waals surface area contributed by atoms with E-state index in [9.17, 15) is 4.79 Å². The minimum atomic E-state index is -0.0977. The van der Waals surface area contributed by atoms with E-state index >= 15 is 0 Å². The van der Waals surface area contributed by atoms with Crippen molar-refractivity contribution >= 4 is 11.8 Å². The Morgan fingerprint density at radius 3 is 2.68 bits per heavy atom. The average molecular weight is 275 g/mol. The van der Waals surface area contributed by atoms with Gasteiger partial charge in [-0.25, -0.2) is 4.98 Å². The quantitative estimate of drug-likeness (QED) is 0.822. The van der Waals surface area contributed by atoms with Crippen LogP contribution in [0.5, 0.6) is 0 Å². The summed E-state index contributed by atoms with van der Waals surface area (Å²) < 4.78 is 0. The highest BCUT2D eigenvalue weighted by Crippen LogP contribution is 2.24. The molecule has 1 aromatic heterocycles. The molecular formula is C14H17N3OS. The van der Waals surface area contributed by atoms with Crippen LogP contribution in [0.3, 0.4) is 0 Å². The van der Waals surface area contributed by atoms with E-state index in [0.717, 1.165) is 29.0 Å². The Bertz CT molecular complexity index is 592. The molecule has 0 aliphatic carbocycles. The summed E-state index contributed by atoms with van der Waals surface area (Å²) in [6.07, 6.45) is 1.80. The number of rotatable bonds is 5. The zero-order valence-corrected chi connectivity index (χ0v) is 11.7. The first-order chi connectivity index (χ1) is 9.21. The van der Waals surface area contributed by atoms with Crippen LogP contribution in [0.1, 0.15) is 24.6 Å². The van der Waals surface area contributed by atoms with Gasteiger partial charge in [-0.15, -0.1) is 0 Å². The van der Waals surface area contributed by atoms with E-state index in [2.05, 4.69) is 16.9 Å². The third kappa shape index (κ3) is 3.94. The lowest BCUT2D eigenvalue weighted by molar-refractivity contribution is 0.816. The van der Waals surface area contributed by atoms with E-state index in [0.29, 0.717) is 11.7 Å². The molecule has 0 unspecified atom stereocenters. The van der Waals surface area contributed by atoms with Crippen LogP contribution in [0.15, 0.2) is 45.2 Å². The SMILES string of the molecule is CCCc1cc(=O)[nH]c(Sc2ccc(CN)cc2)n1. The molecule has 1 aromatic carbocycles. The van der Waals surface area contributed by atoms with E-state index < -0.39 is 0 Å². The summed E-state index contributed by atoms with van der Waals surface area (Å²) in [5.41, 5.74) is 7.39. The van der Waals surface area contributed by atoms with Crippen LogP contribution in [-0.4, -0.2) is 9.97 Å². The van der Waals surface area contributed by atoms with E-state index in [1.807, 2.05) is 24.3 Å². The lowest BCUT2D eigenvalue weighted by Gasteiger charge is -2.04. The van der Waals surface area contributed by atoms with Gasteiger partial charge in [0.25, 0.3) is 5.56 Å². The van der Waals surface area contributed by atoms with Crippen LogP contribution >= 0.6 is 11.8 Å². The Morgan fingerprint density at radius 2 is 2.05 bits per heavy atom. The second-order valence-electron chi connectivity index (χ2n) is 4.24. The molecule has 0 aliphatic heterocycles. The van der Waals surface area contributed by atoms with Crippen LogP contribution < -0.4 is 11.3 Å². The molecule has 0 saturated carbocycles. The van der Waals surface area contributed by atoms with Crippen molar-refractivity contribution in [2.45, 2.75) is 36.4 Å². The van der Waals surface area contributed by atoms with Gasteiger partial charge < -0.3 is 10.7 Å². The zero-order chi connectivity index (χ0) is 13.7. The third-order valence-electron chi connectivity index (χ3n) is 2.65. The van der Waals surface area contributed by atoms with Gasteiger partial charge in [-0.1, -0.05) is 37.2 Å². The molecular weight excluding hydrogens is 258 g/mol. The van der Waals surface area contributed by atoms with E-state index in [-0.39, 0.29) is 5.56 Å². The van der Waals surface area contributed by atoms with E-state index in [4.69, 9.17) is 5.73 Å². The second kappa shape index (κ2) is 6.54. The predicted molar refractivity (Wildman–Crippen MR) is 77.3 cm³/mol. The lowest BCUT2D eigenvalue weighted by Crippen LogP contribution is -2.09. The Balaban J connectivity index is 2.19. The van der Waals surface area contributed by atoms with Crippen LogP contribution in [-0.2, 0) is 13.0 Å². The highest BCUT2D eigenvalue weighted by Gasteiger charge is 2.03. The van der Waals surface area contributed by atoms with Crippen molar-refractivity contribution in [1.29, 1.82) is 0 Å². The highest BCUT2D eigenvalue weighted by molar-refractivity contribution is 7.99. The summed E-state index contributed by atoms with van der Waals surface area (Å²) in [7, 11) is 0. The van der Waals surface area contributed by atoms with Gasteiger partial charge in [0, 0.05) is 23.2 Å². The molecule has 0 bridgehead atoms. The summed E-state index contributed by atoms with van der Waals surface area (Å²) in [5, 5.41) is 0.636. The maximum atomic E-state index is 11.6. The number of hydrogen-bond acceptors (Lipinski definition) is 4. The summed E-state index contributed by atoms with van der Waals surface area (Å²) >= 11 is 1.45. The van der Waals surface area contributed by atoms with Crippen molar-refractivity contribution in [2.75, 3.05) is 0 Å². The van der Waals surface area contributed by atoms with Gasteiger partial charge >= 0.3 is 0 Å². The number of aryl methyl sites for hydroxylation is 1. The summed E-state index contributed by atoms with van der Waals surface area (Å²) in [6.45, 7) is 2.60. The van der Waals surface area contributed by atoms with Gasteiger partial charge in [0.15, 0.2) is 5.16 Å². The van der Waals surface area contributed by atoms with Gasteiger partial charge in [-0.05, 0) is 24.1 Å². The fourth-order valence-electron chi connectivity index (χ4n) is 1.72. The van der Waals surface area contributed by atoms with Crippen molar-refractivity contribution in [2.24, 2.45) is 5.73 Å². The Kier molecular flexibility index (Phi) is 4.76. The maximum Gasteiger partial charge on any atom is 0.251 e. The Labute approximate surface area is 116 Å². The van der Waals surface area contributed by atoms with E-state index in [1.165, 1.54) is 11.8 Å². The molecule has 0 radical (unpaired) electrons. The number of nitrogens with two attached hydrogens (primary N) is 1. The molecule has 0 saturated heterocycles. The van der Waals surface area contributed by atoms with Gasteiger partial charge in [-0.2, -0.15) is 0 Å². The van der Waals surface area contributed by atoms with Gasteiger partial charge in [0.1, 0.15) is 0 Å². The molecule has 1 heterocycles. The van der Waals surface area contributed by atoms with E-state index in [1.54, 1.807) is 6.07 Å². The smallest absolute Gasteiger partial charge is 0.251 e. The minimum absolute atomic E-state index is 0.0977. The van der Waals surface area contributed by atoms with Crippen molar-refractivity contribution in [3.63, 3.8) is 0 Å². The van der Waals surface area contributed by atoms with Crippen LogP contribution in [0.4, 0.5) is 0 Å². The highest BCUT2D eigenvalue weighted by atomic mass is 32.2. The standard InChI is InChI=1S/C14H17N3OS/c1-2-3-11-8-13(18)17-14(16-11)19-12-6-4-10(9-15)5-7-12/h4-8H,2-3,9,15H2,1H3,(H,16,17,18). The van der Waals surface area contributed by atoms with Crippen LogP contribution in [0, 0.1) is 0 Å². The topological polar surface area (TPSA) is 71.8 Å². The van der Waals surface area contributed by atoms with Crippen LogP contribution in [0.25, 0.3) is 0 Å². The molecule has 3 N–H and O–H groups in total. The normalized spacial score (nSPS) is 10.6. The molecule has 4 nitrogen and oxygen atoms in total. The Hall–Kier alpha value is -1.59. The number of hydrogen-bond donors (Lipinski definition) is 2. The predicted octanol–water partition coefficient (Wildman–Crippen LogP) is 2.33. The third-order valence-corrected chi connectivity index (χ3v) is 3.55. The van der Waals surface area contributed by atoms with Crippen LogP contribution in [0.2, 0.25) is 0 Å². The van der Waals surface area contributed by atoms with Gasteiger partial charge in [-0.3, -0.25) is 4.79 Å². The fourth-order valence-corrected chi connectivity index (χ4v) is 2.53. The lowest BCUT2D eigenvalue weighted by atomic mass is 10.2. The number of H-pyrrole nitrogens is 1. The fraction of sp³-hybridized carbons (Fsp3) is 0.286. The molecule has 0 fully saturated rings. The summed E-state index contributed by atoms with van der Waals surface area (Å²) in [5.74, 6) is 0. The molecule has 2 rings (SSSR count). The van der Waals surface area contributed by atoms with Crippen molar-refractivity contribution < 1.29 is 0 Å². The molecule has 0 aliphatic rings. The van der Waals surface area contributed by atoms with Gasteiger partial charge in [0.2, 0.25) is 0 Å². The number of nitrogens with zero attached hydrogens (tertiary/aromatic N) is 1. The first-order valence-electron chi connectivity index (χ1n) is 6.28. The van der Waals surface area contributed by atoms with Gasteiger partial charge in [0.05, 0.1) is 0 Å². The largest absolute Gasteiger partial charge is 0.326 e. The summed E-state index contributed by atoms with van der Waals surface area (Å²) in [6, 6.07) is 9.50. The molecule has 0 amide bonds. The maximum absolute atomic E-state index is 11.6. The first-order valence-corrected chi connectivity index (χ1v) is 7.10. The number of benzene rings is 1. The molecule has 100 valence electrons. The molecule has 2 aromatic rings. The average Bonchev–Trinajstić information content (AvgIpc) is 2.39. The van der Waals surface area contributed by atoms with Crippen molar-refractivity contribution in [3.05, 3.63) is 51.9 Å². The molecule has 0 atom stereocenters. The van der Waals surface area contributed by atoms with Crippen molar-refractivity contribution in [1.82, 2.24) is 9.97 Å². The Morgan fingerprint density at radius 1 is 1.32 bits per heavy atom. The number of nitrogens with one attached hydrogen (secondary N) is 1. The minimum Gasteiger partial charge on any atom is -0.326 e. The van der Waals surface area contributed by atoms with Crippen molar-refractivity contribution in [3.8, 4) is 0 Å². The zero-order valence-electron chi connectivity index (χ0n) is 10.8. The number of aromatic nitrogens is 2. The molecule has 5 heteroatoms. The number of aromatic amines is 1.